The smallest absolute Gasteiger partial charge is 0.0255 e. The van der Waals surface area contributed by atoms with Gasteiger partial charge in [-0.1, -0.05) is 61.3 Å². The minimum Gasteiger partial charge on any atom is -0.0955 e. The van der Waals surface area contributed by atoms with E-state index in [0.29, 0.717) is 5.92 Å². The molecule has 0 aromatic heterocycles. The third kappa shape index (κ3) is 3.86. The number of benzene rings is 1. The number of allylic oxidation sites excluding steroid dienone is 7. The monoisotopic (exact) mass is 246 g/mol. The van der Waals surface area contributed by atoms with E-state index in [-0.39, 0.29) is 0 Å². The molecule has 1 atom stereocenters. The summed E-state index contributed by atoms with van der Waals surface area (Å²) in [6, 6.07) is 8.18. The molecule has 0 fully saturated rings. The van der Waals surface area contributed by atoms with Crippen LogP contribution in [0, 0.1) is 17.8 Å². The first-order valence-corrected chi connectivity index (χ1v) is 6.50. The van der Waals surface area contributed by atoms with E-state index in [2.05, 4.69) is 67.9 Å². The van der Waals surface area contributed by atoms with E-state index in [0.717, 1.165) is 22.3 Å². The minimum absolute atomic E-state index is 0.474. The molecule has 0 spiro atoms. The van der Waals surface area contributed by atoms with Crippen molar-refractivity contribution in [3.05, 3.63) is 77.9 Å². The van der Waals surface area contributed by atoms with Crippen LogP contribution in [0.5, 0.6) is 0 Å². The van der Waals surface area contributed by atoms with Gasteiger partial charge in [-0.15, -0.1) is 0 Å². The Bertz CT molecular complexity index is 627. The van der Waals surface area contributed by atoms with Crippen LogP contribution >= 0.6 is 0 Å². The van der Waals surface area contributed by atoms with Gasteiger partial charge in [0.25, 0.3) is 0 Å². The standard InChI is InChI=1S/C19H18/c1-15(2)19-9-5-8-18(14-19)13-12-17-7-4-6-16(3)10-11-17/h4-11,14,16H,1H2,2-3H3. The molecule has 0 bridgehead atoms. The van der Waals surface area contributed by atoms with Crippen molar-refractivity contribution < 1.29 is 0 Å². The average molecular weight is 246 g/mol. The molecular formula is C19H18. The van der Waals surface area contributed by atoms with Crippen LogP contribution in [-0.4, -0.2) is 0 Å². The highest BCUT2D eigenvalue weighted by Crippen LogP contribution is 2.13. The Morgan fingerprint density at radius 2 is 2.05 bits per heavy atom. The fourth-order valence-electron chi connectivity index (χ4n) is 1.80. The lowest BCUT2D eigenvalue weighted by molar-refractivity contribution is 0.942. The first-order chi connectivity index (χ1) is 9.15. The largest absolute Gasteiger partial charge is 0.0955 e. The maximum atomic E-state index is 3.96. The molecule has 1 aromatic rings. The summed E-state index contributed by atoms with van der Waals surface area (Å²) in [6.45, 7) is 8.13. The lowest BCUT2D eigenvalue weighted by Gasteiger charge is -1.99. The van der Waals surface area contributed by atoms with E-state index >= 15 is 0 Å². The van der Waals surface area contributed by atoms with Crippen LogP contribution in [0.15, 0.2) is 66.8 Å². The summed E-state index contributed by atoms with van der Waals surface area (Å²) < 4.78 is 0. The highest BCUT2D eigenvalue weighted by atomic mass is 14.0. The van der Waals surface area contributed by atoms with Crippen molar-refractivity contribution in [3.8, 4) is 11.8 Å². The second-order valence-corrected chi connectivity index (χ2v) is 4.84. The van der Waals surface area contributed by atoms with Gasteiger partial charge in [0.2, 0.25) is 0 Å². The van der Waals surface area contributed by atoms with Crippen molar-refractivity contribution in [1.82, 2.24) is 0 Å². The molecule has 94 valence electrons. The van der Waals surface area contributed by atoms with Crippen LogP contribution in [0.1, 0.15) is 25.0 Å². The fourth-order valence-corrected chi connectivity index (χ4v) is 1.80. The van der Waals surface area contributed by atoms with Gasteiger partial charge in [0, 0.05) is 11.1 Å². The van der Waals surface area contributed by atoms with Crippen molar-refractivity contribution in [2.24, 2.45) is 5.92 Å². The number of hydrogen-bond donors (Lipinski definition) is 0. The molecule has 0 heteroatoms. The molecule has 1 unspecified atom stereocenters. The van der Waals surface area contributed by atoms with Gasteiger partial charge in [0.15, 0.2) is 0 Å². The Hall–Kier alpha value is -2.26. The average Bonchev–Trinajstić information content (AvgIpc) is 2.61. The zero-order valence-electron chi connectivity index (χ0n) is 11.5. The van der Waals surface area contributed by atoms with Crippen LogP contribution in [0.3, 0.4) is 0 Å². The van der Waals surface area contributed by atoms with E-state index in [1.165, 1.54) is 0 Å². The van der Waals surface area contributed by atoms with E-state index < -0.39 is 0 Å². The maximum Gasteiger partial charge on any atom is 0.0255 e. The van der Waals surface area contributed by atoms with Crippen LogP contribution < -0.4 is 0 Å². The molecule has 0 heterocycles. The van der Waals surface area contributed by atoms with Crippen LogP contribution in [0.25, 0.3) is 5.57 Å². The zero-order chi connectivity index (χ0) is 13.7. The Balaban J connectivity index is 2.23. The second-order valence-electron chi connectivity index (χ2n) is 4.84. The van der Waals surface area contributed by atoms with Crippen LogP contribution in [-0.2, 0) is 0 Å². The normalized spacial score (nSPS) is 17.2. The minimum atomic E-state index is 0.474. The zero-order valence-corrected chi connectivity index (χ0v) is 11.5. The third-order valence-corrected chi connectivity index (χ3v) is 2.98. The topological polar surface area (TPSA) is 0 Å². The summed E-state index contributed by atoms with van der Waals surface area (Å²) in [4.78, 5) is 0. The summed E-state index contributed by atoms with van der Waals surface area (Å²) in [6.07, 6.45) is 10.5. The van der Waals surface area contributed by atoms with Gasteiger partial charge in [-0.2, -0.15) is 0 Å². The summed E-state index contributed by atoms with van der Waals surface area (Å²) in [5.41, 5.74) is 4.28. The van der Waals surface area contributed by atoms with Crippen molar-refractivity contribution in [3.63, 3.8) is 0 Å². The molecular weight excluding hydrogens is 228 g/mol. The van der Waals surface area contributed by atoms with Crippen LogP contribution in [0.2, 0.25) is 0 Å². The first-order valence-electron chi connectivity index (χ1n) is 6.50. The highest BCUT2D eigenvalue weighted by molar-refractivity contribution is 5.63. The molecule has 1 aromatic carbocycles. The quantitative estimate of drug-likeness (QED) is 0.627. The lowest BCUT2D eigenvalue weighted by Crippen LogP contribution is -1.81. The summed E-state index contributed by atoms with van der Waals surface area (Å²) in [5, 5.41) is 0. The molecule has 0 radical (unpaired) electrons. The molecule has 2 rings (SSSR count). The van der Waals surface area contributed by atoms with Gasteiger partial charge in [-0.3, -0.25) is 0 Å². The summed E-state index contributed by atoms with van der Waals surface area (Å²) in [5.74, 6) is 6.89. The predicted molar refractivity (Wildman–Crippen MR) is 83.6 cm³/mol. The van der Waals surface area contributed by atoms with Crippen molar-refractivity contribution in [2.75, 3.05) is 0 Å². The van der Waals surface area contributed by atoms with E-state index in [9.17, 15) is 0 Å². The summed E-state index contributed by atoms with van der Waals surface area (Å²) >= 11 is 0. The molecule has 0 saturated heterocycles. The van der Waals surface area contributed by atoms with Crippen molar-refractivity contribution in [1.29, 1.82) is 0 Å². The second kappa shape index (κ2) is 6.07. The van der Waals surface area contributed by atoms with Gasteiger partial charge in [-0.05, 0) is 42.7 Å². The van der Waals surface area contributed by atoms with Crippen LogP contribution in [0.4, 0.5) is 0 Å². The molecule has 19 heavy (non-hydrogen) atoms. The number of hydrogen-bond acceptors (Lipinski definition) is 0. The van der Waals surface area contributed by atoms with E-state index in [4.69, 9.17) is 0 Å². The Labute approximate surface area is 115 Å². The molecule has 0 saturated carbocycles. The van der Waals surface area contributed by atoms with Gasteiger partial charge in [0.1, 0.15) is 0 Å². The predicted octanol–water partition coefficient (Wildman–Crippen LogP) is 4.76. The molecule has 0 aliphatic heterocycles. The fraction of sp³-hybridized carbons (Fsp3) is 0.158. The van der Waals surface area contributed by atoms with E-state index in [1.54, 1.807) is 0 Å². The van der Waals surface area contributed by atoms with Gasteiger partial charge < -0.3 is 0 Å². The molecule has 0 N–H and O–H groups in total. The third-order valence-electron chi connectivity index (χ3n) is 2.98. The van der Waals surface area contributed by atoms with Crippen molar-refractivity contribution in [2.45, 2.75) is 13.8 Å². The Morgan fingerprint density at radius 3 is 2.84 bits per heavy atom. The first kappa shape index (κ1) is 13.2. The number of rotatable bonds is 1. The lowest BCUT2D eigenvalue weighted by atomic mass is 10.1. The summed E-state index contributed by atoms with van der Waals surface area (Å²) in [7, 11) is 0. The van der Waals surface area contributed by atoms with Gasteiger partial charge in [0.05, 0.1) is 0 Å². The molecule has 0 nitrogen and oxygen atoms in total. The SMILES string of the molecule is C=C(C)c1cccc(C#CC2=CC=CC(C)C=C2)c1. The van der Waals surface area contributed by atoms with Gasteiger partial charge in [-0.25, -0.2) is 0 Å². The molecule has 1 aliphatic carbocycles. The maximum absolute atomic E-state index is 3.96. The molecule has 1 aliphatic rings. The van der Waals surface area contributed by atoms with Crippen molar-refractivity contribution >= 4 is 5.57 Å². The van der Waals surface area contributed by atoms with E-state index in [1.807, 2.05) is 19.1 Å². The molecule has 0 amide bonds. The Morgan fingerprint density at radius 1 is 1.21 bits per heavy atom. The van der Waals surface area contributed by atoms with Gasteiger partial charge >= 0.3 is 0 Å². The Kier molecular flexibility index (Phi) is 4.21. The highest BCUT2D eigenvalue weighted by Gasteiger charge is 1.96.